The van der Waals surface area contributed by atoms with Crippen LogP contribution in [0.4, 0.5) is 0 Å². The third-order valence-electron chi connectivity index (χ3n) is 8.72. The van der Waals surface area contributed by atoms with Crippen LogP contribution in [-0.4, -0.2) is 91.1 Å². The first-order valence-corrected chi connectivity index (χ1v) is 18.0. The van der Waals surface area contributed by atoms with Crippen molar-refractivity contribution in [1.82, 2.24) is 19.6 Å². The van der Waals surface area contributed by atoms with Crippen molar-refractivity contribution >= 4 is 80.2 Å². The molecule has 0 saturated carbocycles. The summed E-state index contributed by atoms with van der Waals surface area (Å²) in [5.41, 5.74) is 0. The highest BCUT2D eigenvalue weighted by atomic mass is 32.2. The summed E-state index contributed by atoms with van der Waals surface area (Å²) in [4.78, 5) is 59.2. The van der Waals surface area contributed by atoms with E-state index in [-0.39, 0.29) is 23.6 Å². The number of carbonyl (C=O) groups is 4. The molecule has 42 heavy (non-hydrogen) atoms. The quantitative estimate of drug-likeness (QED) is 0.154. The highest BCUT2D eigenvalue weighted by Crippen LogP contribution is 2.42. The summed E-state index contributed by atoms with van der Waals surface area (Å²) in [6, 6.07) is 0. The van der Waals surface area contributed by atoms with Crippen LogP contribution in [0.25, 0.3) is 0 Å². The summed E-state index contributed by atoms with van der Waals surface area (Å²) in [6.45, 7) is 8.90. The number of hydrogen-bond acceptors (Lipinski definition) is 8. The van der Waals surface area contributed by atoms with Crippen LogP contribution in [0.3, 0.4) is 0 Å². The Morgan fingerprint density at radius 2 is 1.00 bits per heavy atom. The molecule has 0 aromatic heterocycles. The molecule has 4 aliphatic heterocycles. The molecule has 12 heteroatoms. The predicted octanol–water partition coefficient (Wildman–Crippen LogP) is 5.56. The van der Waals surface area contributed by atoms with Crippen LogP contribution in [0, 0.1) is 11.8 Å². The lowest BCUT2D eigenvalue weighted by molar-refractivity contribution is -0.133. The van der Waals surface area contributed by atoms with Crippen molar-refractivity contribution in [2.75, 3.05) is 39.3 Å². The summed E-state index contributed by atoms with van der Waals surface area (Å²) >= 11 is 13.3. The Hall–Kier alpha value is -1.50. The lowest BCUT2D eigenvalue weighted by Gasteiger charge is -2.30. The van der Waals surface area contributed by atoms with Gasteiger partial charge in [-0.1, -0.05) is 74.6 Å². The summed E-state index contributed by atoms with van der Waals surface area (Å²) in [5, 5.41) is 0. The van der Waals surface area contributed by atoms with E-state index < -0.39 is 0 Å². The summed E-state index contributed by atoms with van der Waals surface area (Å²) < 4.78 is 0.929. The second kappa shape index (κ2) is 16.0. The van der Waals surface area contributed by atoms with Crippen LogP contribution < -0.4 is 0 Å². The Morgan fingerprint density at radius 3 is 1.36 bits per heavy atom. The number of nitrogens with zero attached hydrogens (tertiary/aromatic N) is 4. The minimum Gasteiger partial charge on any atom is -0.343 e. The number of unbranched alkanes of at least 4 members (excludes halogenated alkanes) is 4. The molecular formula is C30H44N4O4S4. The average Bonchev–Trinajstić information content (AvgIpc) is 3.41. The second-order valence-electron chi connectivity index (χ2n) is 12.1. The highest BCUT2D eigenvalue weighted by molar-refractivity contribution is 8.29. The molecule has 4 fully saturated rings. The van der Waals surface area contributed by atoms with Crippen molar-refractivity contribution in [3.05, 3.63) is 9.81 Å². The first kappa shape index (κ1) is 33.4. The van der Waals surface area contributed by atoms with Gasteiger partial charge in [-0.15, -0.1) is 0 Å². The number of carbonyl (C=O) groups excluding carboxylic acids is 4. The topological polar surface area (TPSA) is 81.2 Å². The molecular weight excluding hydrogens is 609 g/mol. The molecule has 4 saturated heterocycles. The molecule has 0 N–H and O–H groups in total. The van der Waals surface area contributed by atoms with Crippen molar-refractivity contribution in [3.63, 3.8) is 0 Å². The Kier molecular flexibility index (Phi) is 12.7. The molecule has 0 aromatic rings. The van der Waals surface area contributed by atoms with E-state index >= 15 is 0 Å². The monoisotopic (exact) mass is 652 g/mol. The van der Waals surface area contributed by atoms with E-state index in [4.69, 9.17) is 24.4 Å². The maximum atomic E-state index is 13.2. The molecule has 8 nitrogen and oxygen atoms in total. The minimum absolute atomic E-state index is 0.227. The molecule has 0 spiro atoms. The van der Waals surface area contributed by atoms with E-state index in [9.17, 15) is 19.2 Å². The average molecular weight is 653 g/mol. The normalized spacial score (nSPS) is 22.7. The summed E-state index contributed by atoms with van der Waals surface area (Å²) in [6.07, 6.45) is 10.2. The van der Waals surface area contributed by atoms with Gasteiger partial charge < -0.3 is 9.80 Å². The lowest BCUT2D eigenvalue weighted by atomic mass is 9.99. The van der Waals surface area contributed by atoms with Gasteiger partial charge in [-0.05, 0) is 63.2 Å². The minimum atomic E-state index is -0.227. The molecule has 0 bridgehead atoms. The molecule has 0 aliphatic carbocycles. The van der Waals surface area contributed by atoms with Crippen molar-refractivity contribution in [2.45, 2.75) is 90.9 Å². The fourth-order valence-electron chi connectivity index (χ4n) is 5.73. The molecule has 4 aliphatic rings. The summed E-state index contributed by atoms with van der Waals surface area (Å²) in [5.74, 6) is 1.41. The standard InChI is InChI=1S/C30H44N4O4S4/c1-21-11-17-31(18-12-21)23(35)9-5-3-7-15-33-27(37)25(41-29(33)39)26-28(38)34(30(40)42-26)16-8-4-6-10-24(36)32-19-13-22(2)14-20-32/h21-22H,3-20H2,1-2H3/b26-25+. The molecule has 4 heterocycles. The van der Waals surface area contributed by atoms with Gasteiger partial charge in [-0.3, -0.25) is 29.0 Å². The van der Waals surface area contributed by atoms with E-state index in [1.54, 1.807) is 9.80 Å². The van der Waals surface area contributed by atoms with Crippen molar-refractivity contribution in [2.24, 2.45) is 11.8 Å². The van der Waals surface area contributed by atoms with Gasteiger partial charge in [-0.2, -0.15) is 0 Å². The van der Waals surface area contributed by atoms with Crippen LogP contribution in [0.5, 0.6) is 0 Å². The first-order valence-electron chi connectivity index (χ1n) is 15.5. The van der Waals surface area contributed by atoms with Crippen LogP contribution in [0.15, 0.2) is 9.81 Å². The highest BCUT2D eigenvalue weighted by Gasteiger charge is 2.41. The first-order chi connectivity index (χ1) is 20.2. The zero-order chi connectivity index (χ0) is 30.2. The number of amides is 4. The molecule has 4 rings (SSSR count). The number of piperidine rings is 2. The van der Waals surface area contributed by atoms with Gasteiger partial charge in [0.1, 0.15) is 8.64 Å². The SMILES string of the molecule is CC1CCN(C(=O)CCCCCN2C(=O)/C(=C3\SC(=S)N(CCCCCC(=O)N4CCC(C)CC4)C3=O)SC2=S)CC1. The third-order valence-corrected chi connectivity index (χ3v) is 11.7. The van der Waals surface area contributed by atoms with E-state index in [1.807, 2.05) is 9.80 Å². The number of thioether (sulfide) groups is 2. The maximum Gasteiger partial charge on any atom is 0.267 e. The number of thiocarbonyl (C=S) groups is 2. The predicted molar refractivity (Wildman–Crippen MR) is 178 cm³/mol. The molecule has 4 amide bonds. The number of rotatable bonds is 12. The Balaban J connectivity index is 1.16. The summed E-state index contributed by atoms with van der Waals surface area (Å²) in [7, 11) is 0. The van der Waals surface area contributed by atoms with Gasteiger partial charge in [0, 0.05) is 52.1 Å². The van der Waals surface area contributed by atoms with Crippen LogP contribution in [-0.2, 0) is 19.2 Å². The zero-order valence-electron chi connectivity index (χ0n) is 24.9. The molecule has 0 unspecified atom stereocenters. The van der Waals surface area contributed by atoms with Crippen LogP contribution >= 0.6 is 48.0 Å². The lowest BCUT2D eigenvalue weighted by Crippen LogP contribution is -2.37. The molecule has 0 aromatic carbocycles. The van der Waals surface area contributed by atoms with Crippen molar-refractivity contribution in [1.29, 1.82) is 0 Å². The van der Waals surface area contributed by atoms with Crippen molar-refractivity contribution in [3.8, 4) is 0 Å². The van der Waals surface area contributed by atoms with Crippen LogP contribution in [0.1, 0.15) is 90.9 Å². The van der Waals surface area contributed by atoms with E-state index in [0.717, 1.165) is 90.4 Å². The number of hydrogen-bond donors (Lipinski definition) is 0. The van der Waals surface area contributed by atoms with Gasteiger partial charge in [0.05, 0.1) is 9.81 Å². The van der Waals surface area contributed by atoms with E-state index in [1.165, 1.54) is 23.5 Å². The van der Waals surface area contributed by atoms with Gasteiger partial charge in [0.15, 0.2) is 0 Å². The van der Waals surface area contributed by atoms with Gasteiger partial charge in [0.25, 0.3) is 11.8 Å². The van der Waals surface area contributed by atoms with Gasteiger partial charge >= 0.3 is 0 Å². The fourth-order valence-corrected chi connectivity index (χ4v) is 8.51. The number of likely N-dealkylation sites (tertiary alicyclic amines) is 2. The second-order valence-corrected chi connectivity index (χ2v) is 15.3. The fraction of sp³-hybridized carbons (Fsp3) is 0.733. The Labute approximate surface area is 269 Å². The van der Waals surface area contributed by atoms with Gasteiger partial charge in [0.2, 0.25) is 11.8 Å². The Bertz CT molecular complexity index is 1010. The van der Waals surface area contributed by atoms with E-state index in [2.05, 4.69) is 13.8 Å². The molecule has 0 atom stereocenters. The van der Waals surface area contributed by atoms with Gasteiger partial charge in [-0.25, -0.2) is 0 Å². The Morgan fingerprint density at radius 1 is 0.643 bits per heavy atom. The van der Waals surface area contributed by atoms with Crippen molar-refractivity contribution < 1.29 is 19.2 Å². The zero-order valence-corrected chi connectivity index (χ0v) is 28.2. The maximum absolute atomic E-state index is 13.2. The largest absolute Gasteiger partial charge is 0.343 e. The van der Waals surface area contributed by atoms with Crippen LogP contribution in [0.2, 0.25) is 0 Å². The molecule has 0 radical (unpaired) electrons. The smallest absolute Gasteiger partial charge is 0.267 e. The molecule has 232 valence electrons. The third kappa shape index (κ3) is 8.79. The van der Waals surface area contributed by atoms with E-state index in [0.29, 0.717) is 56.2 Å².